The van der Waals surface area contributed by atoms with Crippen molar-refractivity contribution in [2.24, 2.45) is 0 Å². The Balaban J connectivity index is 1.97. The van der Waals surface area contributed by atoms with Gasteiger partial charge in [0.15, 0.2) is 0 Å². The third-order valence-corrected chi connectivity index (χ3v) is 5.43. The summed E-state index contributed by atoms with van der Waals surface area (Å²) in [5.74, 6) is -0.838. The molecule has 0 atom stereocenters. The Bertz CT molecular complexity index is 643. The minimum absolute atomic E-state index is 0.106. The van der Waals surface area contributed by atoms with Crippen LogP contribution in [0.1, 0.15) is 23.2 Å². The fraction of sp³-hybridized carbons (Fsp3) is 0.462. The lowest BCUT2D eigenvalue weighted by molar-refractivity contribution is 0.0922. The van der Waals surface area contributed by atoms with Crippen LogP contribution < -0.4 is 5.32 Å². The molecule has 0 bridgehead atoms. The van der Waals surface area contributed by atoms with Gasteiger partial charge in [0.05, 0.1) is 11.8 Å². The average Bonchev–Trinajstić information content (AvgIpc) is 2.41. The fourth-order valence-electron chi connectivity index (χ4n) is 2.27. The van der Waals surface area contributed by atoms with Crippen LogP contribution in [-0.4, -0.2) is 44.0 Å². The van der Waals surface area contributed by atoms with Crippen LogP contribution in [0.2, 0.25) is 0 Å². The third kappa shape index (κ3) is 4.24. The van der Waals surface area contributed by atoms with Gasteiger partial charge in [-0.2, -0.15) is 0 Å². The van der Waals surface area contributed by atoms with Crippen molar-refractivity contribution in [3.8, 4) is 0 Å². The van der Waals surface area contributed by atoms with Crippen LogP contribution in [0.5, 0.6) is 0 Å². The highest BCUT2D eigenvalue weighted by Crippen LogP contribution is 2.19. The Morgan fingerprint density at radius 1 is 1.38 bits per heavy atom. The molecular weight excluding hydrogens is 363 g/mol. The van der Waals surface area contributed by atoms with Gasteiger partial charge in [0.25, 0.3) is 5.91 Å². The summed E-state index contributed by atoms with van der Waals surface area (Å²) in [6.45, 7) is 0.766. The Morgan fingerprint density at radius 3 is 2.57 bits per heavy atom. The van der Waals surface area contributed by atoms with Crippen molar-refractivity contribution in [3.63, 3.8) is 0 Å². The molecule has 2 rings (SSSR count). The second-order valence-electron chi connectivity index (χ2n) is 5.03. The summed E-state index contributed by atoms with van der Waals surface area (Å²) in [6, 6.07) is 3.82. The van der Waals surface area contributed by atoms with Gasteiger partial charge in [0, 0.05) is 23.6 Å². The molecule has 0 aliphatic carbocycles. The monoisotopic (exact) mass is 378 g/mol. The molecule has 1 saturated heterocycles. The molecule has 1 N–H and O–H groups in total. The molecule has 5 nitrogen and oxygen atoms in total. The SMILES string of the molecule is CS(=O)(=O)N1CCC(NC(=O)c2cc(F)ccc2Br)CC1. The maximum absolute atomic E-state index is 13.2. The van der Waals surface area contributed by atoms with Crippen molar-refractivity contribution in [3.05, 3.63) is 34.1 Å². The van der Waals surface area contributed by atoms with Gasteiger partial charge in [-0.3, -0.25) is 4.79 Å². The second kappa shape index (κ2) is 6.41. The van der Waals surface area contributed by atoms with Crippen LogP contribution in [0.25, 0.3) is 0 Å². The lowest BCUT2D eigenvalue weighted by Crippen LogP contribution is -2.46. The first-order chi connectivity index (χ1) is 9.77. The van der Waals surface area contributed by atoms with Gasteiger partial charge < -0.3 is 5.32 Å². The molecule has 1 aromatic rings. The highest BCUT2D eigenvalue weighted by Gasteiger charge is 2.26. The van der Waals surface area contributed by atoms with E-state index >= 15 is 0 Å². The van der Waals surface area contributed by atoms with Gasteiger partial charge in [-0.05, 0) is 47.0 Å². The van der Waals surface area contributed by atoms with Crippen molar-refractivity contribution in [2.75, 3.05) is 19.3 Å². The van der Waals surface area contributed by atoms with Gasteiger partial charge in [0.2, 0.25) is 10.0 Å². The van der Waals surface area contributed by atoms with Crippen molar-refractivity contribution in [1.29, 1.82) is 0 Å². The van der Waals surface area contributed by atoms with E-state index in [0.717, 1.165) is 0 Å². The lowest BCUT2D eigenvalue weighted by Gasteiger charge is -2.30. The third-order valence-electron chi connectivity index (χ3n) is 3.43. The predicted octanol–water partition coefficient (Wildman–Crippen LogP) is 1.74. The van der Waals surface area contributed by atoms with Crippen LogP contribution in [0, 0.1) is 5.82 Å². The number of nitrogens with one attached hydrogen (secondary N) is 1. The Hall–Kier alpha value is -0.990. The van der Waals surface area contributed by atoms with Crippen LogP contribution in [0.15, 0.2) is 22.7 Å². The molecule has 0 unspecified atom stereocenters. The number of amides is 1. The van der Waals surface area contributed by atoms with E-state index in [9.17, 15) is 17.6 Å². The molecule has 0 radical (unpaired) electrons. The predicted molar refractivity (Wildman–Crippen MR) is 81.0 cm³/mol. The minimum Gasteiger partial charge on any atom is -0.349 e. The van der Waals surface area contributed by atoms with Gasteiger partial charge in [0.1, 0.15) is 5.82 Å². The number of carbonyl (C=O) groups is 1. The molecule has 1 heterocycles. The molecule has 1 fully saturated rings. The number of hydrogen-bond acceptors (Lipinski definition) is 3. The Kier molecular flexibility index (Phi) is 5.00. The Morgan fingerprint density at radius 2 is 2.00 bits per heavy atom. The topological polar surface area (TPSA) is 66.5 Å². The van der Waals surface area contributed by atoms with E-state index in [-0.39, 0.29) is 17.5 Å². The summed E-state index contributed by atoms with van der Waals surface area (Å²) in [7, 11) is -3.18. The van der Waals surface area contributed by atoms with E-state index in [1.807, 2.05) is 0 Å². The molecule has 0 spiro atoms. The van der Waals surface area contributed by atoms with Crippen molar-refractivity contribution < 1.29 is 17.6 Å². The molecule has 1 amide bonds. The van der Waals surface area contributed by atoms with Crippen molar-refractivity contribution in [2.45, 2.75) is 18.9 Å². The van der Waals surface area contributed by atoms with E-state index < -0.39 is 15.8 Å². The van der Waals surface area contributed by atoms with E-state index in [4.69, 9.17) is 0 Å². The van der Waals surface area contributed by atoms with Gasteiger partial charge >= 0.3 is 0 Å². The molecule has 1 aromatic carbocycles. The lowest BCUT2D eigenvalue weighted by atomic mass is 10.1. The highest BCUT2D eigenvalue weighted by molar-refractivity contribution is 9.10. The largest absolute Gasteiger partial charge is 0.349 e. The Labute approximate surface area is 131 Å². The zero-order chi connectivity index (χ0) is 15.6. The molecule has 1 aliphatic rings. The maximum atomic E-state index is 13.2. The fourth-order valence-corrected chi connectivity index (χ4v) is 3.57. The number of sulfonamides is 1. The average molecular weight is 379 g/mol. The van der Waals surface area contributed by atoms with E-state index in [1.54, 1.807) is 0 Å². The van der Waals surface area contributed by atoms with E-state index in [2.05, 4.69) is 21.2 Å². The first-order valence-electron chi connectivity index (χ1n) is 6.48. The summed E-state index contributed by atoms with van der Waals surface area (Å²) < 4.78 is 37.9. The summed E-state index contributed by atoms with van der Waals surface area (Å²) >= 11 is 3.22. The quantitative estimate of drug-likeness (QED) is 0.870. The summed E-state index contributed by atoms with van der Waals surface area (Å²) in [4.78, 5) is 12.1. The van der Waals surface area contributed by atoms with Gasteiger partial charge in [-0.1, -0.05) is 0 Å². The van der Waals surface area contributed by atoms with E-state index in [0.29, 0.717) is 30.4 Å². The second-order valence-corrected chi connectivity index (χ2v) is 7.87. The summed E-state index contributed by atoms with van der Waals surface area (Å²) in [5, 5.41) is 2.82. The van der Waals surface area contributed by atoms with Crippen LogP contribution >= 0.6 is 15.9 Å². The molecule has 21 heavy (non-hydrogen) atoms. The summed E-state index contributed by atoms with van der Waals surface area (Å²) in [5.41, 5.74) is 0.237. The zero-order valence-corrected chi connectivity index (χ0v) is 13.9. The van der Waals surface area contributed by atoms with Crippen LogP contribution in [0.3, 0.4) is 0 Å². The molecule has 0 saturated carbocycles. The smallest absolute Gasteiger partial charge is 0.252 e. The molecule has 0 aromatic heterocycles. The zero-order valence-electron chi connectivity index (χ0n) is 11.5. The molecule has 8 heteroatoms. The highest BCUT2D eigenvalue weighted by atomic mass is 79.9. The van der Waals surface area contributed by atoms with Gasteiger partial charge in [-0.25, -0.2) is 17.1 Å². The molecule has 116 valence electrons. The number of piperidine rings is 1. The van der Waals surface area contributed by atoms with E-state index in [1.165, 1.54) is 28.8 Å². The number of halogens is 2. The van der Waals surface area contributed by atoms with Gasteiger partial charge in [-0.15, -0.1) is 0 Å². The van der Waals surface area contributed by atoms with Crippen LogP contribution in [0.4, 0.5) is 4.39 Å². The summed E-state index contributed by atoms with van der Waals surface area (Å²) in [6.07, 6.45) is 2.27. The number of carbonyl (C=O) groups excluding carboxylic acids is 1. The number of nitrogens with zero attached hydrogens (tertiary/aromatic N) is 1. The minimum atomic E-state index is -3.18. The first-order valence-corrected chi connectivity index (χ1v) is 9.12. The first kappa shape index (κ1) is 16.4. The number of rotatable bonds is 3. The standard InChI is InChI=1S/C13H16BrFN2O3S/c1-21(19,20)17-6-4-10(5-7-17)16-13(18)11-8-9(15)2-3-12(11)14/h2-3,8,10H,4-7H2,1H3,(H,16,18). The normalized spacial score (nSPS) is 17.7. The molecular formula is C13H16BrFN2O3S. The number of benzene rings is 1. The molecule has 1 aliphatic heterocycles. The van der Waals surface area contributed by atoms with Crippen molar-refractivity contribution in [1.82, 2.24) is 9.62 Å². The number of hydrogen-bond donors (Lipinski definition) is 1. The van der Waals surface area contributed by atoms with Crippen molar-refractivity contribution >= 4 is 31.9 Å². The van der Waals surface area contributed by atoms with Crippen LogP contribution in [-0.2, 0) is 10.0 Å². The maximum Gasteiger partial charge on any atom is 0.252 e.